The summed E-state index contributed by atoms with van der Waals surface area (Å²) >= 11 is 2.24. The summed E-state index contributed by atoms with van der Waals surface area (Å²) in [6.45, 7) is 0.0971. The molecule has 4 nitrogen and oxygen atoms in total. The van der Waals surface area contributed by atoms with E-state index < -0.39 is 0 Å². The molecule has 0 aliphatic carbocycles. The molecule has 2 fully saturated rings. The first-order chi connectivity index (χ1) is 9.69. The lowest BCUT2D eigenvalue weighted by atomic mass is 10.00. The number of halogens is 2. The second-order valence-corrected chi connectivity index (χ2v) is 6.86. The number of carbonyl (C=O) groups is 1. The zero-order chi connectivity index (χ0) is 13.9. The fraction of sp³-hybridized carbons (Fsp3) is 0.533. The van der Waals surface area contributed by atoms with E-state index in [-0.39, 0.29) is 24.9 Å². The summed E-state index contributed by atoms with van der Waals surface area (Å²) in [7, 11) is 0. The smallest absolute Gasteiger partial charge is 0.258 e. The largest absolute Gasteiger partial charge is 0.484 e. The van der Waals surface area contributed by atoms with Crippen LogP contribution in [0.3, 0.4) is 0 Å². The third-order valence-electron chi connectivity index (χ3n) is 4.02. The van der Waals surface area contributed by atoms with Gasteiger partial charge in [-0.05, 0) is 72.5 Å². The van der Waals surface area contributed by atoms with Crippen molar-refractivity contribution in [2.45, 2.75) is 43.8 Å². The molecule has 2 bridgehead atoms. The maximum Gasteiger partial charge on any atom is 0.258 e. The lowest BCUT2D eigenvalue weighted by Gasteiger charge is -2.29. The van der Waals surface area contributed by atoms with Gasteiger partial charge in [0.15, 0.2) is 6.61 Å². The molecular formula is C15H20ClIN2O2. The Hall–Kier alpha value is -0.530. The zero-order valence-corrected chi connectivity index (χ0v) is 14.7. The van der Waals surface area contributed by atoms with E-state index in [1.807, 2.05) is 24.3 Å². The Morgan fingerprint density at radius 1 is 1.24 bits per heavy atom. The van der Waals surface area contributed by atoms with Crippen LogP contribution in [0, 0.1) is 3.57 Å². The molecule has 0 spiro atoms. The fourth-order valence-corrected chi connectivity index (χ4v) is 3.48. The van der Waals surface area contributed by atoms with Crippen molar-refractivity contribution in [1.29, 1.82) is 0 Å². The van der Waals surface area contributed by atoms with Gasteiger partial charge in [0.1, 0.15) is 5.75 Å². The van der Waals surface area contributed by atoms with Crippen molar-refractivity contribution in [2.24, 2.45) is 0 Å². The first kappa shape index (κ1) is 16.8. The molecule has 1 aromatic carbocycles. The average Bonchev–Trinajstić information content (AvgIpc) is 2.77. The molecule has 2 saturated heterocycles. The van der Waals surface area contributed by atoms with Gasteiger partial charge in [-0.1, -0.05) is 0 Å². The van der Waals surface area contributed by atoms with Gasteiger partial charge in [-0.2, -0.15) is 0 Å². The molecule has 0 radical (unpaired) electrons. The van der Waals surface area contributed by atoms with Crippen LogP contribution in [0.2, 0.25) is 0 Å². The van der Waals surface area contributed by atoms with E-state index in [1.54, 1.807) is 0 Å². The molecule has 0 aromatic heterocycles. The second-order valence-electron chi connectivity index (χ2n) is 5.62. The number of hydrogen-bond acceptors (Lipinski definition) is 3. The minimum atomic E-state index is -0.0187. The first-order valence-electron chi connectivity index (χ1n) is 7.13. The van der Waals surface area contributed by atoms with Gasteiger partial charge in [-0.25, -0.2) is 0 Å². The average molecular weight is 423 g/mol. The molecule has 1 aromatic rings. The topological polar surface area (TPSA) is 50.4 Å². The van der Waals surface area contributed by atoms with Gasteiger partial charge in [0.25, 0.3) is 5.91 Å². The molecule has 2 N–H and O–H groups in total. The lowest BCUT2D eigenvalue weighted by molar-refractivity contribution is -0.124. The monoisotopic (exact) mass is 422 g/mol. The first-order valence-corrected chi connectivity index (χ1v) is 8.21. The van der Waals surface area contributed by atoms with Crippen molar-refractivity contribution in [3.63, 3.8) is 0 Å². The molecular weight excluding hydrogens is 403 g/mol. The SMILES string of the molecule is Cl.O=C(COc1ccc(I)cc1)NC1CC2CCC(C1)N2. The normalized spacial score (nSPS) is 26.8. The number of amides is 1. The molecule has 2 atom stereocenters. The van der Waals surface area contributed by atoms with E-state index in [0.717, 1.165) is 22.2 Å². The number of piperidine rings is 1. The van der Waals surface area contributed by atoms with Crippen LogP contribution < -0.4 is 15.4 Å². The van der Waals surface area contributed by atoms with Gasteiger partial charge >= 0.3 is 0 Å². The number of carbonyl (C=O) groups excluding carboxylic acids is 1. The highest BCUT2D eigenvalue weighted by Gasteiger charge is 2.33. The summed E-state index contributed by atoms with van der Waals surface area (Å²) in [6.07, 6.45) is 4.59. The molecule has 0 saturated carbocycles. The molecule has 6 heteroatoms. The Kier molecular flexibility index (Phi) is 6.13. The van der Waals surface area contributed by atoms with Crippen LogP contribution in [0.5, 0.6) is 5.75 Å². The number of ether oxygens (including phenoxy) is 1. The van der Waals surface area contributed by atoms with Gasteiger partial charge in [-0.15, -0.1) is 12.4 Å². The maximum absolute atomic E-state index is 11.9. The standard InChI is InChI=1S/C15H19IN2O2.ClH/c16-10-1-5-14(6-2-10)20-9-15(19)18-13-7-11-3-4-12(8-13)17-11;/h1-2,5-6,11-13,17H,3-4,7-9H2,(H,18,19);1H. The van der Waals surface area contributed by atoms with E-state index in [4.69, 9.17) is 4.74 Å². The Labute approximate surface area is 144 Å². The lowest BCUT2D eigenvalue weighted by Crippen LogP contribution is -2.48. The predicted molar refractivity (Wildman–Crippen MR) is 93.0 cm³/mol. The summed E-state index contributed by atoms with van der Waals surface area (Å²) in [4.78, 5) is 11.9. The minimum absolute atomic E-state index is 0. The zero-order valence-electron chi connectivity index (χ0n) is 11.7. The summed E-state index contributed by atoms with van der Waals surface area (Å²) in [5.74, 6) is 0.723. The van der Waals surface area contributed by atoms with E-state index >= 15 is 0 Å². The van der Waals surface area contributed by atoms with Gasteiger partial charge in [-0.3, -0.25) is 4.79 Å². The number of fused-ring (bicyclic) bond motifs is 2. The van der Waals surface area contributed by atoms with Crippen molar-refractivity contribution in [3.05, 3.63) is 27.8 Å². The van der Waals surface area contributed by atoms with Gasteiger partial charge in [0.2, 0.25) is 0 Å². The van der Waals surface area contributed by atoms with E-state index in [2.05, 4.69) is 33.2 Å². The molecule has 1 amide bonds. The van der Waals surface area contributed by atoms with Gasteiger partial charge in [0.05, 0.1) is 0 Å². The molecule has 2 aliphatic heterocycles. The van der Waals surface area contributed by atoms with Crippen LogP contribution in [-0.2, 0) is 4.79 Å². The van der Waals surface area contributed by atoms with Crippen LogP contribution >= 0.6 is 35.0 Å². The highest BCUT2D eigenvalue weighted by Crippen LogP contribution is 2.26. The van der Waals surface area contributed by atoms with Crippen molar-refractivity contribution in [3.8, 4) is 5.75 Å². The Morgan fingerprint density at radius 2 is 1.86 bits per heavy atom. The number of hydrogen-bond donors (Lipinski definition) is 2. The van der Waals surface area contributed by atoms with Crippen molar-refractivity contribution >= 4 is 40.9 Å². The minimum Gasteiger partial charge on any atom is -0.484 e. The predicted octanol–water partition coefficient (Wildman–Crippen LogP) is 2.49. The number of benzene rings is 1. The Morgan fingerprint density at radius 3 is 2.48 bits per heavy atom. The molecule has 2 unspecified atom stereocenters. The summed E-state index contributed by atoms with van der Waals surface area (Å²) in [5, 5.41) is 6.67. The van der Waals surface area contributed by atoms with Crippen molar-refractivity contribution < 1.29 is 9.53 Å². The van der Waals surface area contributed by atoms with E-state index in [1.165, 1.54) is 12.8 Å². The second kappa shape index (κ2) is 7.65. The molecule has 2 heterocycles. The van der Waals surface area contributed by atoms with Crippen LogP contribution in [0.15, 0.2) is 24.3 Å². The Bertz CT molecular complexity index is 471. The highest BCUT2D eigenvalue weighted by molar-refractivity contribution is 14.1. The third-order valence-corrected chi connectivity index (χ3v) is 4.74. The fourth-order valence-electron chi connectivity index (χ4n) is 3.12. The number of rotatable bonds is 4. The molecule has 116 valence electrons. The molecule has 21 heavy (non-hydrogen) atoms. The van der Waals surface area contributed by atoms with E-state index in [0.29, 0.717) is 18.1 Å². The quantitative estimate of drug-likeness (QED) is 0.733. The van der Waals surface area contributed by atoms with Gasteiger partial charge < -0.3 is 15.4 Å². The van der Waals surface area contributed by atoms with Crippen LogP contribution in [0.25, 0.3) is 0 Å². The molecule has 3 rings (SSSR count). The van der Waals surface area contributed by atoms with Crippen LogP contribution in [0.1, 0.15) is 25.7 Å². The van der Waals surface area contributed by atoms with Crippen LogP contribution in [-0.4, -0.2) is 30.6 Å². The highest BCUT2D eigenvalue weighted by atomic mass is 127. The summed E-state index contributed by atoms with van der Waals surface area (Å²) < 4.78 is 6.66. The maximum atomic E-state index is 11.9. The number of nitrogens with one attached hydrogen (secondary N) is 2. The summed E-state index contributed by atoms with van der Waals surface area (Å²) in [5.41, 5.74) is 0. The van der Waals surface area contributed by atoms with Gasteiger partial charge in [0, 0.05) is 21.7 Å². The van der Waals surface area contributed by atoms with E-state index in [9.17, 15) is 4.79 Å². The third kappa shape index (κ3) is 4.72. The molecule has 2 aliphatic rings. The van der Waals surface area contributed by atoms with Crippen molar-refractivity contribution in [2.75, 3.05) is 6.61 Å². The van der Waals surface area contributed by atoms with Crippen molar-refractivity contribution in [1.82, 2.24) is 10.6 Å². The Balaban J connectivity index is 0.00000161. The summed E-state index contributed by atoms with van der Waals surface area (Å²) in [6, 6.07) is 9.21. The van der Waals surface area contributed by atoms with Crippen LogP contribution in [0.4, 0.5) is 0 Å².